The van der Waals surface area contributed by atoms with Crippen LogP contribution in [0.5, 0.6) is 0 Å². The molecule has 0 bridgehead atoms. The van der Waals surface area contributed by atoms with Gasteiger partial charge in [0, 0.05) is 10.0 Å². The van der Waals surface area contributed by atoms with E-state index in [9.17, 15) is 14.4 Å². The van der Waals surface area contributed by atoms with E-state index < -0.39 is 24.4 Å². The lowest BCUT2D eigenvalue weighted by molar-refractivity contribution is -0.146. The summed E-state index contributed by atoms with van der Waals surface area (Å²) in [5.74, 6) is -1.74. The number of rotatable bonds is 6. The van der Waals surface area contributed by atoms with Crippen LogP contribution in [-0.4, -0.2) is 40.1 Å². The zero-order valence-corrected chi connectivity index (χ0v) is 17.3. The van der Waals surface area contributed by atoms with Gasteiger partial charge in [-0.15, -0.1) is 0 Å². The zero-order chi connectivity index (χ0) is 20.6. The predicted octanol–water partition coefficient (Wildman–Crippen LogP) is 2.49. The quantitative estimate of drug-likeness (QED) is 0.320. The number of nitrogens with zero attached hydrogens (tertiary/aromatic N) is 2. The second-order valence-corrected chi connectivity index (χ2v) is 7.57. The largest absolute Gasteiger partial charge is 0.455 e. The molecule has 2 N–H and O–H groups in total. The average Bonchev–Trinajstić information content (AvgIpc) is 2.75. The maximum atomic E-state index is 11.9. The first kappa shape index (κ1) is 20.7. The number of thioether (sulfide) groups is 1. The standard InChI is InChI=1S/C19H15BrN4O4S/c20-13-7-5-12(6-8-13)19(27)24-23-16(25)10-28-18(26)11-29-17-9-21-14-3-1-2-4-15(14)22-17/h1-9H,10-11H2,(H,23,25)(H,24,27). The lowest BCUT2D eigenvalue weighted by atomic mass is 10.2. The van der Waals surface area contributed by atoms with Gasteiger partial charge in [-0.2, -0.15) is 0 Å². The molecule has 0 saturated carbocycles. The first-order chi connectivity index (χ1) is 14.0. The molecule has 10 heteroatoms. The number of nitrogens with one attached hydrogen (secondary N) is 2. The Hall–Kier alpha value is -2.98. The van der Waals surface area contributed by atoms with Gasteiger partial charge in [0.25, 0.3) is 11.8 Å². The fourth-order valence-corrected chi connectivity index (χ4v) is 3.07. The number of fused-ring (bicyclic) bond motifs is 1. The molecule has 148 valence electrons. The molecular weight excluding hydrogens is 460 g/mol. The highest BCUT2D eigenvalue weighted by Crippen LogP contribution is 2.17. The van der Waals surface area contributed by atoms with Crippen LogP contribution in [0.3, 0.4) is 0 Å². The smallest absolute Gasteiger partial charge is 0.316 e. The molecule has 3 rings (SSSR count). The molecule has 29 heavy (non-hydrogen) atoms. The topological polar surface area (TPSA) is 110 Å². The second kappa shape index (κ2) is 9.99. The summed E-state index contributed by atoms with van der Waals surface area (Å²) in [6, 6.07) is 14.0. The van der Waals surface area contributed by atoms with Gasteiger partial charge in [0.15, 0.2) is 6.61 Å². The maximum Gasteiger partial charge on any atom is 0.316 e. The van der Waals surface area contributed by atoms with Crippen LogP contribution < -0.4 is 10.9 Å². The number of hydrogen-bond acceptors (Lipinski definition) is 7. The van der Waals surface area contributed by atoms with Crippen LogP contribution in [-0.2, 0) is 14.3 Å². The highest BCUT2D eigenvalue weighted by atomic mass is 79.9. The first-order valence-electron chi connectivity index (χ1n) is 8.36. The summed E-state index contributed by atoms with van der Waals surface area (Å²) in [6.07, 6.45) is 1.57. The molecule has 0 unspecified atom stereocenters. The van der Waals surface area contributed by atoms with Gasteiger partial charge in [-0.3, -0.25) is 30.2 Å². The number of hydrazine groups is 1. The van der Waals surface area contributed by atoms with E-state index in [1.807, 2.05) is 24.3 Å². The fraction of sp³-hybridized carbons (Fsp3) is 0.105. The summed E-state index contributed by atoms with van der Waals surface area (Å²) in [5, 5.41) is 0.576. The molecule has 3 aromatic rings. The number of hydrogen-bond donors (Lipinski definition) is 2. The predicted molar refractivity (Wildman–Crippen MR) is 111 cm³/mol. The maximum absolute atomic E-state index is 11.9. The monoisotopic (exact) mass is 474 g/mol. The van der Waals surface area contributed by atoms with Crippen molar-refractivity contribution in [3.8, 4) is 0 Å². The molecule has 0 aliphatic carbocycles. The van der Waals surface area contributed by atoms with E-state index >= 15 is 0 Å². The first-order valence-corrected chi connectivity index (χ1v) is 10.1. The average molecular weight is 475 g/mol. The lowest BCUT2D eigenvalue weighted by Gasteiger charge is -2.08. The molecule has 0 fully saturated rings. The molecule has 2 aromatic carbocycles. The van der Waals surface area contributed by atoms with Crippen molar-refractivity contribution < 1.29 is 19.1 Å². The van der Waals surface area contributed by atoms with Crippen molar-refractivity contribution in [3.05, 3.63) is 64.8 Å². The van der Waals surface area contributed by atoms with Crippen molar-refractivity contribution in [1.82, 2.24) is 20.8 Å². The summed E-state index contributed by atoms with van der Waals surface area (Å²) >= 11 is 4.43. The van der Waals surface area contributed by atoms with Crippen LogP contribution in [0.1, 0.15) is 10.4 Å². The van der Waals surface area contributed by atoms with E-state index in [2.05, 4.69) is 36.7 Å². The summed E-state index contributed by atoms with van der Waals surface area (Å²) in [4.78, 5) is 44.1. The molecule has 0 radical (unpaired) electrons. The van der Waals surface area contributed by atoms with Gasteiger partial charge in [-0.05, 0) is 36.4 Å². The normalized spacial score (nSPS) is 10.4. The number of carbonyl (C=O) groups is 3. The van der Waals surface area contributed by atoms with Crippen LogP contribution in [0.15, 0.2) is 64.2 Å². The molecule has 0 spiro atoms. The Bertz CT molecular complexity index is 1050. The Balaban J connectivity index is 1.38. The van der Waals surface area contributed by atoms with Crippen molar-refractivity contribution in [2.45, 2.75) is 5.03 Å². The number of esters is 1. The molecule has 0 aliphatic rings. The van der Waals surface area contributed by atoms with Gasteiger partial charge < -0.3 is 4.74 Å². The molecule has 0 saturated heterocycles. The second-order valence-electron chi connectivity index (χ2n) is 5.66. The van der Waals surface area contributed by atoms with Gasteiger partial charge in [0.1, 0.15) is 5.03 Å². The molecule has 1 aromatic heterocycles. The van der Waals surface area contributed by atoms with Gasteiger partial charge in [-0.1, -0.05) is 39.8 Å². The van der Waals surface area contributed by atoms with Crippen molar-refractivity contribution >= 4 is 56.5 Å². The molecular formula is C19H15BrN4O4S. The number of amides is 2. The van der Waals surface area contributed by atoms with Crippen LogP contribution in [0.2, 0.25) is 0 Å². The fourth-order valence-electron chi connectivity index (χ4n) is 2.17. The highest BCUT2D eigenvalue weighted by molar-refractivity contribution is 9.10. The van der Waals surface area contributed by atoms with E-state index in [4.69, 9.17) is 4.74 Å². The van der Waals surface area contributed by atoms with Gasteiger partial charge in [0.2, 0.25) is 0 Å². The highest BCUT2D eigenvalue weighted by Gasteiger charge is 2.11. The minimum absolute atomic E-state index is 0.0223. The molecule has 0 aliphatic heterocycles. The summed E-state index contributed by atoms with van der Waals surface area (Å²) in [6.45, 7) is -0.511. The van der Waals surface area contributed by atoms with E-state index in [0.29, 0.717) is 10.6 Å². The van der Waals surface area contributed by atoms with E-state index in [1.54, 1.807) is 30.5 Å². The van der Waals surface area contributed by atoms with Gasteiger partial charge in [-0.25, -0.2) is 4.98 Å². The summed E-state index contributed by atoms with van der Waals surface area (Å²) in [5.41, 5.74) is 6.30. The molecule has 8 nitrogen and oxygen atoms in total. The van der Waals surface area contributed by atoms with Crippen LogP contribution in [0.4, 0.5) is 0 Å². The van der Waals surface area contributed by atoms with Crippen LogP contribution >= 0.6 is 27.7 Å². The number of carbonyl (C=O) groups excluding carboxylic acids is 3. The Labute approximate surface area is 178 Å². The Kier molecular flexibility index (Phi) is 7.14. The third kappa shape index (κ3) is 6.26. The molecule has 1 heterocycles. The Morgan fingerprint density at radius 3 is 2.48 bits per heavy atom. The van der Waals surface area contributed by atoms with E-state index in [0.717, 1.165) is 27.3 Å². The van der Waals surface area contributed by atoms with Crippen molar-refractivity contribution in [2.75, 3.05) is 12.4 Å². The number of benzene rings is 2. The van der Waals surface area contributed by atoms with E-state index in [-0.39, 0.29) is 5.75 Å². The van der Waals surface area contributed by atoms with Crippen LogP contribution in [0, 0.1) is 0 Å². The van der Waals surface area contributed by atoms with Crippen molar-refractivity contribution in [3.63, 3.8) is 0 Å². The number of para-hydroxylation sites is 2. The SMILES string of the molecule is O=C(COC(=O)CSc1cnc2ccccc2n1)NNC(=O)c1ccc(Br)cc1. The Morgan fingerprint density at radius 1 is 1.00 bits per heavy atom. The molecule has 2 amide bonds. The molecule has 0 atom stereocenters. The van der Waals surface area contributed by atoms with Crippen molar-refractivity contribution in [1.29, 1.82) is 0 Å². The van der Waals surface area contributed by atoms with Gasteiger partial charge in [0.05, 0.1) is 23.0 Å². The van der Waals surface area contributed by atoms with Gasteiger partial charge >= 0.3 is 5.97 Å². The number of ether oxygens (including phenoxy) is 1. The third-order valence-corrected chi connectivity index (χ3v) is 4.95. The number of aromatic nitrogens is 2. The summed E-state index contributed by atoms with van der Waals surface area (Å²) in [7, 11) is 0. The van der Waals surface area contributed by atoms with E-state index in [1.165, 1.54) is 0 Å². The summed E-state index contributed by atoms with van der Waals surface area (Å²) < 4.78 is 5.72. The lowest BCUT2D eigenvalue weighted by Crippen LogP contribution is -2.43. The van der Waals surface area contributed by atoms with Crippen molar-refractivity contribution in [2.24, 2.45) is 0 Å². The third-order valence-electron chi connectivity index (χ3n) is 3.55. The van der Waals surface area contributed by atoms with Crippen LogP contribution in [0.25, 0.3) is 11.0 Å². The zero-order valence-electron chi connectivity index (χ0n) is 14.9. The minimum atomic E-state index is -0.653. The Morgan fingerprint density at radius 2 is 1.72 bits per heavy atom. The minimum Gasteiger partial charge on any atom is -0.455 e. The number of halogens is 1.